The summed E-state index contributed by atoms with van der Waals surface area (Å²) in [5.74, 6) is 0.604. The van der Waals surface area contributed by atoms with E-state index < -0.39 is 0 Å². The first-order chi connectivity index (χ1) is 12.1. The molecule has 5 heteroatoms. The molecule has 2 saturated heterocycles. The Labute approximate surface area is 153 Å². The Bertz CT molecular complexity index is 749. The fourth-order valence-corrected chi connectivity index (χ4v) is 5.19. The van der Waals surface area contributed by atoms with Crippen LogP contribution in [-0.4, -0.2) is 46.4 Å². The molecule has 3 heterocycles. The van der Waals surface area contributed by atoms with Crippen molar-refractivity contribution in [2.75, 3.05) is 20.1 Å². The largest absolute Gasteiger partial charge is 0.339 e. The first-order valence-corrected chi connectivity index (χ1v) is 9.91. The Hall–Kier alpha value is -1.72. The fourth-order valence-electron chi connectivity index (χ4n) is 4.59. The number of aryl methyl sites for hydroxylation is 1. The number of benzene rings is 1. The maximum Gasteiger partial charge on any atom is 0.223 e. The number of rotatable bonds is 3. The third-order valence-corrected chi connectivity index (χ3v) is 6.87. The highest BCUT2D eigenvalue weighted by Gasteiger charge is 2.52. The summed E-state index contributed by atoms with van der Waals surface area (Å²) in [6.07, 6.45) is 2.72. The van der Waals surface area contributed by atoms with Gasteiger partial charge in [0.05, 0.1) is 16.2 Å². The lowest BCUT2D eigenvalue weighted by Crippen LogP contribution is -2.53. The van der Waals surface area contributed by atoms with E-state index in [2.05, 4.69) is 57.4 Å². The zero-order chi connectivity index (χ0) is 17.4. The van der Waals surface area contributed by atoms with E-state index in [1.165, 1.54) is 11.3 Å². The second kappa shape index (κ2) is 6.54. The van der Waals surface area contributed by atoms with Crippen molar-refractivity contribution >= 4 is 17.2 Å². The summed E-state index contributed by atoms with van der Waals surface area (Å²) >= 11 is 1.72. The molecule has 1 aromatic heterocycles. The summed E-state index contributed by atoms with van der Waals surface area (Å²) in [7, 11) is 2.00. The SMILES string of the molecule is Cc1nc(CN2CCC3(CC2)[C@H](c2ccccc2)CC(=O)N3C)cs1. The molecule has 1 aromatic carbocycles. The molecule has 2 aliphatic rings. The lowest BCUT2D eigenvalue weighted by Gasteiger charge is -2.46. The lowest BCUT2D eigenvalue weighted by molar-refractivity contribution is -0.130. The minimum atomic E-state index is -0.0209. The average Bonchev–Trinajstić information content (AvgIpc) is 3.14. The molecule has 0 radical (unpaired) electrons. The van der Waals surface area contributed by atoms with Crippen LogP contribution in [0.5, 0.6) is 0 Å². The van der Waals surface area contributed by atoms with Gasteiger partial charge in [-0.3, -0.25) is 9.69 Å². The van der Waals surface area contributed by atoms with Crippen LogP contribution in [0, 0.1) is 6.92 Å². The fraction of sp³-hybridized carbons (Fsp3) is 0.500. The van der Waals surface area contributed by atoms with Gasteiger partial charge in [0, 0.05) is 44.4 Å². The van der Waals surface area contributed by atoms with Gasteiger partial charge in [-0.2, -0.15) is 0 Å². The summed E-state index contributed by atoms with van der Waals surface area (Å²) in [5.41, 5.74) is 2.46. The number of carbonyl (C=O) groups is 1. The third-order valence-electron chi connectivity index (χ3n) is 6.05. The zero-order valence-corrected chi connectivity index (χ0v) is 15.8. The molecule has 0 unspecified atom stereocenters. The van der Waals surface area contributed by atoms with Gasteiger partial charge in [0.15, 0.2) is 0 Å². The number of amides is 1. The minimum Gasteiger partial charge on any atom is -0.339 e. The Morgan fingerprint density at radius 2 is 1.96 bits per heavy atom. The molecular weight excluding hydrogens is 330 g/mol. The molecule has 4 rings (SSSR count). The standard InChI is InChI=1S/C20H25N3OS/c1-15-21-17(14-25-15)13-23-10-8-20(9-11-23)18(12-19(24)22(20)2)16-6-4-3-5-7-16/h3-7,14,18H,8-13H2,1-2H3/t18-/m0/s1. The molecule has 1 spiro atoms. The van der Waals surface area contributed by atoms with Crippen LogP contribution in [0.4, 0.5) is 0 Å². The Balaban J connectivity index is 1.51. The number of piperidine rings is 1. The van der Waals surface area contributed by atoms with E-state index in [9.17, 15) is 4.79 Å². The van der Waals surface area contributed by atoms with Crippen molar-refractivity contribution in [1.29, 1.82) is 0 Å². The molecule has 1 atom stereocenters. The van der Waals surface area contributed by atoms with Crippen molar-refractivity contribution in [1.82, 2.24) is 14.8 Å². The van der Waals surface area contributed by atoms with E-state index in [1.807, 2.05) is 7.05 Å². The number of hydrogen-bond acceptors (Lipinski definition) is 4. The first-order valence-electron chi connectivity index (χ1n) is 9.03. The molecule has 25 heavy (non-hydrogen) atoms. The second-order valence-corrected chi connectivity index (χ2v) is 8.42. The van der Waals surface area contributed by atoms with Crippen molar-refractivity contribution in [3.8, 4) is 0 Å². The first kappa shape index (κ1) is 16.7. The Kier molecular flexibility index (Phi) is 4.38. The van der Waals surface area contributed by atoms with Gasteiger partial charge in [0.1, 0.15) is 0 Å². The number of likely N-dealkylation sites (tertiary alicyclic amines) is 2. The summed E-state index contributed by atoms with van der Waals surface area (Å²) < 4.78 is 0. The molecule has 0 N–H and O–H groups in total. The Morgan fingerprint density at radius 1 is 1.24 bits per heavy atom. The minimum absolute atomic E-state index is 0.0209. The average molecular weight is 356 g/mol. The van der Waals surface area contributed by atoms with E-state index in [0.717, 1.165) is 37.5 Å². The van der Waals surface area contributed by atoms with E-state index >= 15 is 0 Å². The number of nitrogens with zero attached hydrogens (tertiary/aromatic N) is 3. The summed E-state index contributed by atoms with van der Waals surface area (Å²) in [5, 5.41) is 3.30. The predicted octanol–water partition coefficient (Wildman–Crippen LogP) is 3.43. The maximum atomic E-state index is 12.5. The molecule has 132 valence electrons. The van der Waals surface area contributed by atoms with Crippen LogP contribution < -0.4 is 0 Å². The number of hydrogen-bond donors (Lipinski definition) is 0. The number of carbonyl (C=O) groups excluding carboxylic acids is 1. The maximum absolute atomic E-state index is 12.5. The van der Waals surface area contributed by atoms with Crippen LogP contribution in [0.15, 0.2) is 35.7 Å². The lowest BCUT2D eigenvalue weighted by atomic mass is 9.74. The molecule has 2 aliphatic heterocycles. The number of aromatic nitrogens is 1. The van der Waals surface area contributed by atoms with Crippen molar-refractivity contribution in [2.45, 2.75) is 44.2 Å². The van der Waals surface area contributed by atoms with Crippen LogP contribution in [0.1, 0.15) is 41.4 Å². The van der Waals surface area contributed by atoms with Crippen LogP contribution in [0.25, 0.3) is 0 Å². The number of thiazole rings is 1. The topological polar surface area (TPSA) is 36.4 Å². The van der Waals surface area contributed by atoms with Crippen molar-refractivity contribution in [3.05, 3.63) is 52.0 Å². The summed E-state index contributed by atoms with van der Waals surface area (Å²) in [6, 6.07) is 10.6. The highest BCUT2D eigenvalue weighted by Crippen LogP contribution is 2.48. The van der Waals surface area contributed by atoms with Gasteiger partial charge in [0.25, 0.3) is 0 Å². The molecule has 2 aromatic rings. The van der Waals surface area contributed by atoms with Crippen LogP contribution >= 0.6 is 11.3 Å². The van der Waals surface area contributed by atoms with Crippen molar-refractivity contribution in [2.24, 2.45) is 0 Å². The van der Waals surface area contributed by atoms with Crippen molar-refractivity contribution in [3.63, 3.8) is 0 Å². The van der Waals surface area contributed by atoms with Gasteiger partial charge in [-0.15, -0.1) is 11.3 Å². The third kappa shape index (κ3) is 3.00. The molecule has 0 bridgehead atoms. The van der Waals surface area contributed by atoms with Crippen molar-refractivity contribution < 1.29 is 4.79 Å². The highest BCUT2D eigenvalue weighted by molar-refractivity contribution is 7.09. The second-order valence-electron chi connectivity index (χ2n) is 7.36. The van der Waals surface area contributed by atoms with Crippen LogP contribution in [0.2, 0.25) is 0 Å². The molecule has 4 nitrogen and oxygen atoms in total. The summed E-state index contributed by atoms with van der Waals surface area (Å²) in [6.45, 7) is 5.03. The van der Waals surface area contributed by atoms with E-state index in [0.29, 0.717) is 12.3 Å². The van der Waals surface area contributed by atoms with Crippen LogP contribution in [-0.2, 0) is 11.3 Å². The summed E-state index contributed by atoms with van der Waals surface area (Å²) in [4.78, 5) is 21.6. The van der Waals surface area contributed by atoms with Gasteiger partial charge in [-0.25, -0.2) is 4.98 Å². The molecular formula is C20H25N3OS. The molecule has 2 fully saturated rings. The van der Waals surface area contributed by atoms with E-state index in [1.54, 1.807) is 11.3 Å². The van der Waals surface area contributed by atoms with Gasteiger partial charge >= 0.3 is 0 Å². The molecule has 0 saturated carbocycles. The normalized spacial score (nSPS) is 23.5. The van der Waals surface area contributed by atoms with Crippen LogP contribution in [0.3, 0.4) is 0 Å². The van der Waals surface area contributed by atoms with Gasteiger partial charge in [-0.1, -0.05) is 30.3 Å². The quantitative estimate of drug-likeness (QED) is 0.846. The van der Waals surface area contributed by atoms with Gasteiger partial charge in [0.2, 0.25) is 5.91 Å². The van der Waals surface area contributed by atoms with Gasteiger partial charge < -0.3 is 4.90 Å². The monoisotopic (exact) mass is 355 g/mol. The number of likely N-dealkylation sites (N-methyl/N-ethyl adjacent to an activating group) is 1. The van der Waals surface area contributed by atoms with E-state index in [-0.39, 0.29) is 11.4 Å². The predicted molar refractivity (Wildman–Crippen MR) is 101 cm³/mol. The zero-order valence-electron chi connectivity index (χ0n) is 14.9. The Morgan fingerprint density at radius 3 is 2.60 bits per heavy atom. The molecule has 1 amide bonds. The smallest absolute Gasteiger partial charge is 0.223 e. The van der Waals surface area contributed by atoms with Gasteiger partial charge in [-0.05, 0) is 25.3 Å². The van der Waals surface area contributed by atoms with E-state index in [4.69, 9.17) is 0 Å². The highest BCUT2D eigenvalue weighted by atomic mass is 32.1. The molecule has 0 aliphatic carbocycles.